The maximum absolute atomic E-state index is 12.5. The number of nitrogens with zero attached hydrogens (tertiary/aromatic N) is 1. The number of carbonyl (C=O) groups is 1. The second-order valence-corrected chi connectivity index (χ2v) is 2.95. The molecule has 4 nitrogen and oxygen atoms in total. The molecule has 1 aromatic heterocycles. The first-order chi connectivity index (χ1) is 7.66. The summed E-state index contributed by atoms with van der Waals surface area (Å²) in [5.41, 5.74) is -0.660. The first-order valence-corrected chi connectivity index (χ1v) is 4.03. The summed E-state index contributed by atoms with van der Waals surface area (Å²) in [6, 6.07) is 0. The topological polar surface area (TPSA) is 76.2 Å². The van der Waals surface area contributed by atoms with Crippen LogP contribution in [-0.2, 0) is 6.18 Å². The van der Waals surface area contributed by atoms with Crippen LogP contribution >= 0.6 is 0 Å². The largest absolute Gasteiger partial charge is 0.478 e. The van der Waals surface area contributed by atoms with Crippen LogP contribution in [0.2, 0.25) is 0 Å². The molecule has 0 saturated heterocycles. The molecule has 0 aliphatic carbocycles. The Balaban J connectivity index is 3.65. The number of aromatic nitrogens is 1. The van der Waals surface area contributed by atoms with E-state index in [4.69, 9.17) is 10.8 Å². The molecule has 0 bridgehead atoms. The molecule has 0 spiro atoms. The van der Waals surface area contributed by atoms with Gasteiger partial charge in [0, 0.05) is 0 Å². The number of nitrogen functional groups attached to an aromatic ring is 1. The number of alkyl halides is 5. The predicted molar refractivity (Wildman–Crippen MR) is 45.6 cm³/mol. The summed E-state index contributed by atoms with van der Waals surface area (Å²) >= 11 is 0. The number of carboxylic acids is 1. The van der Waals surface area contributed by atoms with Gasteiger partial charge >= 0.3 is 12.1 Å². The number of carboxylic acid groups (broad SMARTS) is 1. The minimum Gasteiger partial charge on any atom is -0.478 e. The van der Waals surface area contributed by atoms with Crippen molar-refractivity contribution in [3.8, 4) is 0 Å². The fourth-order valence-electron chi connectivity index (χ4n) is 1.22. The molecule has 0 aromatic carbocycles. The third kappa shape index (κ3) is 2.43. The number of rotatable bonds is 2. The average Bonchev–Trinajstić information content (AvgIpc) is 2.14. The molecule has 0 fully saturated rings. The zero-order chi connectivity index (χ0) is 13.4. The van der Waals surface area contributed by atoms with E-state index in [2.05, 4.69) is 4.98 Å². The molecule has 0 aliphatic heterocycles. The Kier molecular flexibility index (Phi) is 3.21. The van der Waals surface area contributed by atoms with Gasteiger partial charge < -0.3 is 10.8 Å². The molecule has 0 saturated carbocycles. The smallest absolute Gasteiger partial charge is 0.433 e. The minimum absolute atomic E-state index is 0.387. The standard InChI is InChI=1S/C8H5F5N2O2/c9-6(10)4-3(7(16)17)2(14)1-15-5(4)8(11,12)13/h1,6H,14H2,(H,16,17). The van der Waals surface area contributed by atoms with Gasteiger partial charge in [0.15, 0.2) is 5.69 Å². The van der Waals surface area contributed by atoms with Crippen molar-refractivity contribution in [3.05, 3.63) is 23.0 Å². The van der Waals surface area contributed by atoms with Gasteiger partial charge in [0.25, 0.3) is 6.43 Å². The predicted octanol–water partition coefficient (Wildman–Crippen LogP) is 2.32. The summed E-state index contributed by atoms with van der Waals surface area (Å²) in [5, 5.41) is 8.58. The third-order valence-electron chi connectivity index (χ3n) is 1.85. The van der Waals surface area contributed by atoms with Gasteiger partial charge in [-0.15, -0.1) is 0 Å². The highest BCUT2D eigenvalue weighted by Crippen LogP contribution is 2.38. The lowest BCUT2D eigenvalue weighted by Gasteiger charge is -2.14. The number of nitrogens with two attached hydrogens (primary N) is 1. The van der Waals surface area contributed by atoms with Crippen LogP contribution in [0.4, 0.5) is 27.6 Å². The molecule has 17 heavy (non-hydrogen) atoms. The fourth-order valence-corrected chi connectivity index (χ4v) is 1.22. The molecule has 0 unspecified atom stereocenters. The Bertz CT molecular complexity index is 458. The van der Waals surface area contributed by atoms with Crippen LogP contribution in [0.1, 0.15) is 28.0 Å². The first-order valence-electron chi connectivity index (χ1n) is 4.03. The Morgan fingerprint density at radius 3 is 2.29 bits per heavy atom. The Labute approximate surface area is 90.9 Å². The summed E-state index contributed by atoms with van der Waals surface area (Å²) in [6.45, 7) is 0. The van der Waals surface area contributed by atoms with E-state index in [0.717, 1.165) is 0 Å². The SMILES string of the molecule is Nc1cnc(C(F)(F)F)c(C(F)F)c1C(=O)O. The summed E-state index contributed by atoms with van der Waals surface area (Å²) in [5.74, 6) is -1.97. The molecule has 0 radical (unpaired) electrons. The van der Waals surface area contributed by atoms with Crippen LogP contribution in [0.5, 0.6) is 0 Å². The van der Waals surface area contributed by atoms with Crippen molar-refractivity contribution >= 4 is 11.7 Å². The normalized spacial score (nSPS) is 11.9. The van der Waals surface area contributed by atoms with E-state index in [9.17, 15) is 26.7 Å². The zero-order valence-corrected chi connectivity index (χ0v) is 7.92. The molecule has 0 amide bonds. The van der Waals surface area contributed by atoms with Crippen LogP contribution in [0.25, 0.3) is 0 Å². The van der Waals surface area contributed by atoms with Gasteiger partial charge in [0.2, 0.25) is 0 Å². The van der Waals surface area contributed by atoms with E-state index in [1.54, 1.807) is 0 Å². The molecule has 1 aromatic rings. The zero-order valence-electron chi connectivity index (χ0n) is 7.92. The van der Waals surface area contributed by atoms with Crippen LogP contribution in [-0.4, -0.2) is 16.1 Å². The third-order valence-corrected chi connectivity index (χ3v) is 1.85. The van der Waals surface area contributed by atoms with Gasteiger partial charge in [-0.3, -0.25) is 0 Å². The lowest BCUT2D eigenvalue weighted by atomic mass is 10.0. The number of anilines is 1. The van der Waals surface area contributed by atoms with Crippen molar-refractivity contribution in [2.75, 3.05) is 5.73 Å². The van der Waals surface area contributed by atoms with Crippen molar-refractivity contribution in [1.82, 2.24) is 4.98 Å². The second kappa shape index (κ2) is 4.15. The molecule has 3 N–H and O–H groups in total. The van der Waals surface area contributed by atoms with Crippen molar-refractivity contribution in [1.29, 1.82) is 0 Å². The van der Waals surface area contributed by atoms with E-state index < -0.39 is 41.1 Å². The van der Waals surface area contributed by atoms with E-state index in [-0.39, 0.29) is 0 Å². The highest BCUT2D eigenvalue weighted by atomic mass is 19.4. The van der Waals surface area contributed by atoms with Crippen LogP contribution in [0.3, 0.4) is 0 Å². The van der Waals surface area contributed by atoms with E-state index in [1.807, 2.05) is 0 Å². The van der Waals surface area contributed by atoms with Crippen LogP contribution < -0.4 is 5.73 Å². The number of pyridine rings is 1. The highest BCUT2D eigenvalue weighted by molar-refractivity contribution is 5.95. The molecule has 0 atom stereocenters. The van der Waals surface area contributed by atoms with Gasteiger partial charge in [-0.1, -0.05) is 0 Å². The second-order valence-electron chi connectivity index (χ2n) is 2.95. The molecule has 1 heterocycles. The molecular formula is C8H5F5N2O2. The number of aromatic carboxylic acids is 1. The summed E-state index contributed by atoms with van der Waals surface area (Å²) < 4.78 is 62.1. The monoisotopic (exact) mass is 256 g/mol. The summed E-state index contributed by atoms with van der Waals surface area (Å²) in [7, 11) is 0. The Hall–Kier alpha value is -1.93. The summed E-state index contributed by atoms with van der Waals surface area (Å²) in [6.07, 6.45) is -8.43. The van der Waals surface area contributed by atoms with Crippen molar-refractivity contribution in [2.45, 2.75) is 12.6 Å². The number of hydrogen-bond donors (Lipinski definition) is 2. The molecule has 9 heteroatoms. The molecule has 1 rings (SSSR count). The quantitative estimate of drug-likeness (QED) is 0.796. The highest BCUT2D eigenvalue weighted by Gasteiger charge is 2.40. The summed E-state index contributed by atoms with van der Waals surface area (Å²) in [4.78, 5) is 13.3. The molecule has 94 valence electrons. The number of hydrogen-bond acceptors (Lipinski definition) is 3. The maximum Gasteiger partial charge on any atom is 0.433 e. The lowest BCUT2D eigenvalue weighted by Crippen LogP contribution is -2.18. The fraction of sp³-hybridized carbons (Fsp3) is 0.250. The van der Waals surface area contributed by atoms with Crippen molar-refractivity contribution in [2.24, 2.45) is 0 Å². The van der Waals surface area contributed by atoms with Crippen molar-refractivity contribution < 1.29 is 31.9 Å². The van der Waals surface area contributed by atoms with E-state index >= 15 is 0 Å². The molecular weight excluding hydrogens is 251 g/mol. The molecule has 0 aliphatic rings. The lowest BCUT2D eigenvalue weighted by molar-refractivity contribution is -0.143. The minimum atomic E-state index is -5.18. The van der Waals surface area contributed by atoms with Crippen LogP contribution in [0.15, 0.2) is 6.20 Å². The Morgan fingerprint density at radius 2 is 1.94 bits per heavy atom. The van der Waals surface area contributed by atoms with Gasteiger partial charge in [-0.25, -0.2) is 18.6 Å². The first kappa shape index (κ1) is 13.1. The van der Waals surface area contributed by atoms with E-state index in [0.29, 0.717) is 6.20 Å². The average molecular weight is 256 g/mol. The van der Waals surface area contributed by atoms with Gasteiger partial charge in [0.05, 0.1) is 23.0 Å². The van der Waals surface area contributed by atoms with Gasteiger partial charge in [0.1, 0.15) is 0 Å². The van der Waals surface area contributed by atoms with Crippen LogP contribution in [0, 0.1) is 0 Å². The Morgan fingerprint density at radius 1 is 1.41 bits per heavy atom. The van der Waals surface area contributed by atoms with Gasteiger partial charge in [-0.2, -0.15) is 13.2 Å². The number of halogens is 5. The van der Waals surface area contributed by atoms with Crippen molar-refractivity contribution in [3.63, 3.8) is 0 Å². The van der Waals surface area contributed by atoms with Gasteiger partial charge in [-0.05, 0) is 0 Å². The maximum atomic E-state index is 12.5. The van der Waals surface area contributed by atoms with E-state index in [1.165, 1.54) is 0 Å².